The largest absolute Gasteiger partial charge is 0.480 e. The van der Waals surface area contributed by atoms with Crippen molar-refractivity contribution in [2.24, 2.45) is 0 Å². The molecule has 1 heterocycles. The van der Waals surface area contributed by atoms with E-state index in [0.29, 0.717) is 16.1 Å². The van der Waals surface area contributed by atoms with Crippen LogP contribution in [0.15, 0.2) is 36.7 Å². The van der Waals surface area contributed by atoms with Crippen LogP contribution in [0.3, 0.4) is 0 Å². The molecule has 0 aliphatic rings. The summed E-state index contributed by atoms with van der Waals surface area (Å²) in [6, 6.07) is 9.10. The maximum absolute atomic E-state index is 10.6. The highest BCUT2D eigenvalue weighted by Gasteiger charge is 2.10. The number of aliphatic carboxylic acids is 1. The Balaban J connectivity index is 2.44. The number of rotatable bonds is 3. The van der Waals surface area contributed by atoms with Crippen molar-refractivity contribution in [2.45, 2.75) is 6.54 Å². The number of benzene rings is 1. The van der Waals surface area contributed by atoms with E-state index in [0.717, 1.165) is 5.56 Å². The van der Waals surface area contributed by atoms with E-state index in [1.165, 1.54) is 10.8 Å². The fourth-order valence-electron chi connectivity index (χ4n) is 1.70. The molecule has 1 aromatic heterocycles. The summed E-state index contributed by atoms with van der Waals surface area (Å²) in [7, 11) is 0. The molecule has 4 nitrogen and oxygen atoms in total. The highest BCUT2D eigenvalue weighted by atomic mass is 35.5. The molecular formula is C13H9ClN2O2. The van der Waals surface area contributed by atoms with Crippen molar-refractivity contribution >= 4 is 17.6 Å². The molecule has 0 radical (unpaired) electrons. The van der Waals surface area contributed by atoms with Crippen molar-refractivity contribution in [3.8, 4) is 17.2 Å². The third-order valence-electron chi connectivity index (χ3n) is 2.47. The summed E-state index contributed by atoms with van der Waals surface area (Å²) in [4.78, 5) is 10.6. The van der Waals surface area contributed by atoms with Gasteiger partial charge in [0.05, 0.1) is 5.56 Å². The fourth-order valence-corrected chi connectivity index (χ4v) is 1.83. The first-order chi connectivity index (χ1) is 8.60. The number of nitrogens with zero attached hydrogens (tertiary/aromatic N) is 2. The lowest BCUT2D eigenvalue weighted by atomic mass is 10.1. The standard InChI is InChI=1S/C13H9ClN2O2/c14-11-3-1-9(2-4-11)12-7-16(8-13(17)18)6-10(12)5-15/h1-4,6-7H,8H2,(H,17,18). The monoisotopic (exact) mass is 260 g/mol. The maximum atomic E-state index is 10.6. The molecule has 0 fully saturated rings. The van der Waals surface area contributed by atoms with Gasteiger partial charge in [-0.2, -0.15) is 5.26 Å². The van der Waals surface area contributed by atoms with E-state index in [4.69, 9.17) is 22.0 Å². The fraction of sp³-hybridized carbons (Fsp3) is 0.0769. The van der Waals surface area contributed by atoms with Crippen LogP contribution in [0.4, 0.5) is 0 Å². The van der Waals surface area contributed by atoms with E-state index in [1.807, 2.05) is 0 Å². The SMILES string of the molecule is N#Cc1cn(CC(=O)O)cc1-c1ccc(Cl)cc1. The van der Waals surface area contributed by atoms with Gasteiger partial charge in [-0.1, -0.05) is 23.7 Å². The van der Waals surface area contributed by atoms with Crippen LogP contribution in [0, 0.1) is 11.3 Å². The molecule has 0 aliphatic heterocycles. The zero-order valence-corrected chi connectivity index (χ0v) is 10.1. The molecule has 90 valence electrons. The maximum Gasteiger partial charge on any atom is 0.323 e. The predicted molar refractivity (Wildman–Crippen MR) is 67.2 cm³/mol. The van der Waals surface area contributed by atoms with Crippen LogP contribution in [0.25, 0.3) is 11.1 Å². The predicted octanol–water partition coefficient (Wildman–Crippen LogP) is 2.76. The lowest BCUT2D eigenvalue weighted by Gasteiger charge is -1.99. The summed E-state index contributed by atoms with van der Waals surface area (Å²) in [5.41, 5.74) is 1.98. The molecule has 0 spiro atoms. The van der Waals surface area contributed by atoms with Crippen LogP contribution in [-0.2, 0) is 11.3 Å². The van der Waals surface area contributed by atoms with E-state index in [2.05, 4.69) is 6.07 Å². The highest BCUT2D eigenvalue weighted by Crippen LogP contribution is 2.25. The molecule has 18 heavy (non-hydrogen) atoms. The Labute approximate surface area is 109 Å². The molecule has 2 aromatic rings. The Morgan fingerprint density at radius 1 is 1.33 bits per heavy atom. The van der Waals surface area contributed by atoms with E-state index < -0.39 is 5.97 Å². The lowest BCUT2D eigenvalue weighted by Crippen LogP contribution is -2.06. The average molecular weight is 261 g/mol. The summed E-state index contributed by atoms with van der Waals surface area (Å²) < 4.78 is 1.48. The number of halogens is 1. The molecule has 0 amide bonds. The van der Waals surface area contributed by atoms with Crippen molar-refractivity contribution < 1.29 is 9.90 Å². The minimum absolute atomic E-state index is 0.164. The van der Waals surface area contributed by atoms with Crippen LogP contribution in [-0.4, -0.2) is 15.6 Å². The van der Waals surface area contributed by atoms with E-state index in [9.17, 15) is 4.79 Å². The smallest absolute Gasteiger partial charge is 0.323 e. The van der Waals surface area contributed by atoms with Gasteiger partial charge in [-0.05, 0) is 17.7 Å². The molecule has 5 heteroatoms. The summed E-state index contributed by atoms with van der Waals surface area (Å²) >= 11 is 5.80. The summed E-state index contributed by atoms with van der Waals surface area (Å²) in [5.74, 6) is -0.947. The van der Waals surface area contributed by atoms with Crippen LogP contribution < -0.4 is 0 Å². The number of carboxylic acids is 1. The van der Waals surface area contributed by atoms with E-state index >= 15 is 0 Å². The first kappa shape index (κ1) is 12.2. The molecule has 0 saturated carbocycles. The van der Waals surface area contributed by atoms with Crippen molar-refractivity contribution in [3.63, 3.8) is 0 Å². The third kappa shape index (κ3) is 2.53. The van der Waals surface area contributed by atoms with Crippen molar-refractivity contribution in [1.82, 2.24) is 4.57 Å². The first-order valence-electron chi connectivity index (χ1n) is 5.18. The van der Waals surface area contributed by atoms with Gasteiger partial charge in [0, 0.05) is 23.0 Å². The number of hydrogen-bond acceptors (Lipinski definition) is 2. The van der Waals surface area contributed by atoms with Crippen molar-refractivity contribution in [3.05, 3.63) is 47.2 Å². The van der Waals surface area contributed by atoms with Gasteiger partial charge in [0.1, 0.15) is 12.6 Å². The summed E-state index contributed by atoms with van der Waals surface area (Å²) in [5, 5.41) is 18.4. The molecule has 1 aromatic carbocycles. The number of aromatic nitrogens is 1. The van der Waals surface area contributed by atoms with Crippen LogP contribution in [0.5, 0.6) is 0 Å². The van der Waals surface area contributed by atoms with Gasteiger partial charge in [0.25, 0.3) is 0 Å². The molecule has 0 unspecified atom stereocenters. The second-order valence-electron chi connectivity index (χ2n) is 3.77. The number of hydrogen-bond donors (Lipinski definition) is 1. The minimum Gasteiger partial charge on any atom is -0.480 e. The number of carbonyl (C=O) groups is 1. The number of nitriles is 1. The van der Waals surface area contributed by atoms with E-state index in [1.54, 1.807) is 30.5 Å². The summed E-state index contributed by atoms with van der Waals surface area (Å²) in [6.07, 6.45) is 3.17. The second-order valence-corrected chi connectivity index (χ2v) is 4.21. The van der Waals surface area contributed by atoms with Gasteiger partial charge in [-0.3, -0.25) is 4.79 Å². The molecule has 0 aliphatic carbocycles. The molecule has 2 rings (SSSR count). The van der Waals surface area contributed by atoms with Gasteiger partial charge in [-0.25, -0.2) is 0 Å². The van der Waals surface area contributed by atoms with Crippen LogP contribution in [0.2, 0.25) is 5.02 Å². The number of carboxylic acid groups (broad SMARTS) is 1. The van der Waals surface area contributed by atoms with Gasteiger partial charge in [-0.15, -0.1) is 0 Å². The quantitative estimate of drug-likeness (QED) is 0.923. The Kier molecular flexibility index (Phi) is 3.35. The Bertz CT molecular complexity index is 623. The van der Waals surface area contributed by atoms with E-state index in [-0.39, 0.29) is 6.54 Å². The van der Waals surface area contributed by atoms with Gasteiger partial charge < -0.3 is 9.67 Å². The average Bonchev–Trinajstić information content (AvgIpc) is 2.72. The van der Waals surface area contributed by atoms with Gasteiger partial charge in [0.15, 0.2) is 0 Å². The topological polar surface area (TPSA) is 66.0 Å². The van der Waals surface area contributed by atoms with Gasteiger partial charge in [0.2, 0.25) is 0 Å². The second kappa shape index (κ2) is 4.94. The molecule has 0 saturated heterocycles. The van der Waals surface area contributed by atoms with Crippen LogP contribution in [0.1, 0.15) is 5.56 Å². The molecular weight excluding hydrogens is 252 g/mol. The third-order valence-corrected chi connectivity index (χ3v) is 2.73. The van der Waals surface area contributed by atoms with Crippen molar-refractivity contribution in [1.29, 1.82) is 5.26 Å². The molecule has 0 atom stereocenters. The van der Waals surface area contributed by atoms with Crippen LogP contribution >= 0.6 is 11.6 Å². The summed E-state index contributed by atoms with van der Waals surface area (Å²) in [6.45, 7) is -0.164. The minimum atomic E-state index is -0.947. The van der Waals surface area contributed by atoms with Gasteiger partial charge >= 0.3 is 5.97 Å². The Morgan fingerprint density at radius 3 is 2.56 bits per heavy atom. The Morgan fingerprint density at radius 2 is 2.00 bits per heavy atom. The molecule has 1 N–H and O–H groups in total. The first-order valence-corrected chi connectivity index (χ1v) is 5.55. The zero-order chi connectivity index (χ0) is 13.1. The van der Waals surface area contributed by atoms with Crippen molar-refractivity contribution in [2.75, 3.05) is 0 Å². The molecule has 0 bridgehead atoms. The Hall–Kier alpha value is -2.25. The highest BCUT2D eigenvalue weighted by molar-refractivity contribution is 6.30. The zero-order valence-electron chi connectivity index (χ0n) is 9.30. The lowest BCUT2D eigenvalue weighted by molar-refractivity contribution is -0.137. The normalized spacial score (nSPS) is 10.0.